The third kappa shape index (κ3) is 3.90. The van der Waals surface area contributed by atoms with Crippen molar-refractivity contribution in [3.05, 3.63) is 29.8 Å². The molecule has 0 saturated carbocycles. The molecule has 0 N–H and O–H groups in total. The van der Waals surface area contributed by atoms with Gasteiger partial charge in [-0.3, -0.25) is 0 Å². The van der Waals surface area contributed by atoms with E-state index in [1.807, 2.05) is 0 Å². The smallest absolute Gasteiger partial charge is 0.422 e. The second-order valence-corrected chi connectivity index (χ2v) is 3.67. The standard InChI is InChI=1S/C12H9F3O4/c13-12(14,15)6-17-11(16)4-2-8-1-3-9-10(5-8)19-7-18-9/h1-5H,6-7H2. The SMILES string of the molecule is O=C(C=Cc1ccc2c(c1)OCO2)OCC(F)(F)F. The molecule has 0 spiro atoms. The fraction of sp³-hybridized carbons (Fsp3) is 0.250. The molecule has 0 saturated heterocycles. The van der Waals surface area contributed by atoms with E-state index < -0.39 is 18.8 Å². The number of fused-ring (bicyclic) bond motifs is 1. The Balaban J connectivity index is 1.93. The summed E-state index contributed by atoms with van der Waals surface area (Å²) in [7, 11) is 0. The first-order valence-corrected chi connectivity index (χ1v) is 5.25. The number of alkyl halides is 3. The van der Waals surface area contributed by atoms with Crippen LogP contribution in [0.15, 0.2) is 24.3 Å². The zero-order valence-electron chi connectivity index (χ0n) is 9.57. The number of rotatable bonds is 3. The minimum Gasteiger partial charge on any atom is -0.454 e. The van der Waals surface area contributed by atoms with Crippen LogP contribution < -0.4 is 9.47 Å². The van der Waals surface area contributed by atoms with Gasteiger partial charge in [-0.05, 0) is 23.8 Å². The molecule has 19 heavy (non-hydrogen) atoms. The van der Waals surface area contributed by atoms with Gasteiger partial charge in [0.15, 0.2) is 18.1 Å². The number of esters is 1. The van der Waals surface area contributed by atoms with E-state index in [2.05, 4.69) is 4.74 Å². The highest BCUT2D eigenvalue weighted by molar-refractivity contribution is 5.87. The van der Waals surface area contributed by atoms with Crippen LogP contribution in [-0.4, -0.2) is 25.5 Å². The van der Waals surface area contributed by atoms with Crippen LogP contribution in [0.5, 0.6) is 11.5 Å². The molecular formula is C12H9F3O4. The van der Waals surface area contributed by atoms with Crippen LogP contribution >= 0.6 is 0 Å². The Bertz CT molecular complexity index is 508. The Morgan fingerprint density at radius 1 is 1.32 bits per heavy atom. The van der Waals surface area contributed by atoms with Gasteiger partial charge in [0.25, 0.3) is 0 Å². The van der Waals surface area contributed by atoms with Crippen LogP contribution in [0, 0.1) is 0 Å². The van der Waals surface area contributed by atoms with Gasteiger partial charge in [-0.25, -0.2) is 4.79 Å². The molecule has 0 aliphatic carbocycles. The number of halogens is 3. The predicted octanol–water partition coefficient (Wildman–Crippen LogP) is 2.53. The third-order valence-corrected chi connectivity index (χ3v) is 2.19. The van der Waals surface area contributed by atoms with Crippen LogP contribution in [0.4, 0.5) is 13.2 Å². The van der Waals surface area contributed by atoms with Gasteiger partial charge in [-0.2, -0.15) is 13.2 Å². The van der Waals surface area contributed by atoms with Crippen molar-refractivity contribution in [1.82, 2.24) is 0 Å². The molecule has 1 aromatic rings. The zero-order valence-corrected chi connectivity index (χ0v) is 9.57. The highest BCUT2D eigenvalue weighted by Crippen LogP contribution is 2.32. The van der Waals surface area contributed by atoms with E-state index in [1.165, 1.54) is 6.08 Å². The lowest BCUT2D eigenvalue weighted by atomic mass is 10.2. The lowest BCUT2D eigenvalue weighted by Gasteiger charge is -2.05. The first kappa shape index (κ1) is 13.3. The lowest BCUT2D eigenvalue weighted by Crippen LogP contribution is -2.19. The van der Waals surface area contributed by atoms with Crippen molar-refractivity contribution in [2.75, 3.05) is 13.4 Å². The van der Waals surface area contributed by atoms with E-state index in [9.17, 15) is 18.0 Å². The second kappa shape index (κ2) is 5.21. The van der Waals surface area contributed by atoms with Gasteiger partial charge in [0, 0.05) is 6.08 Å². The Morgan fingerprint density at radius 2 is 2.05 bits per heavy atom. The Labute approximate surface area is 106 Å². The van der Waals surface area contributed by atoms with E-state index in [4.69, 9.17) is 9.47 Å². The fourth-order valence-electron chi connectivity index (χ4n) is 1.38. The molecule has 0 bridgehead atoms. The molecule has 7 heteroatoms. The molecule has 0 aromatic heterocycles. The summed E-state index contributed by atoms with van der Waals surface area (Å²) in [6.45, 7) is -1.48. The van der Waals surface area contributed by atoms with Crippen molar-refractivity contribution in [3.8, 4) is 11.5 Å². The van der Waals surface area contributed by atoms with Gasteiger partial charge in [-0.1, -0.05) is 6.07 Å². The monoisotopic (exact) mass is 274 g/mol. The normalized spacial score (nSPS) is 13.8. The van der Waals surface area contributed by atoms with Crippen molar-refractivity contribution < 1.29 is 32.2 Å². The maximum atomic E-state index is 11.8. The summed E-state index contributed by atoms with van der Waals surface area (Å²) >= 11 is 0. The van der Waals surface area contributed by atoms with Gasteiger partial charge >= 0.3 is 12.1 Å². The summed E-state index contributed by atoms with van der Waals surface area (Å²) in [6, 6.07) is 4.89. The molecule has 1 aromatic carbocycles. The Morgan fingerprint density at radius 3 is 2.79 bits per heavy atom. The topological polar surface area (TPSA) is 44.8 Å². The summed E-state index contributed by atoms with van der Waals surface area (Å²) in [5.41, 5.74) is 0.591. The van der Waals surface area contributed by atoms with Crippen LogP contribution in [0.2, 0.25) is 0 Å². The molecule has 0 amide bonds. The molecule has 4 nitrogen and oxygen atoms in total. The molecule has 0 unspecified atom stereocenters. The molecule has 2 rings (SSSR count). The van der Waals surface area contributed by atoms with Crippen molar-refractivity contribution in [2.24, 2.45) is 0 Å². The average Bonchev–Trinajstić information content (AvgIpc) is 2.80. The van der Waals surface area contributed by atoms with E-state index >= 15 is 0 Å². The van der Waals surface area contributed by atoms with Crippen LogP contribution in [0.1, 0.15) is 5.56 Å². The number of carbonyl (C=O) groups is 1. The minimum atomic E-state index is -4.53. The number of hydrogen-bond donors (Lipinski definition) is 0. The number of ether oxygens (including phenoxy) is 3. The summed E-state index contributed by atoms with van der Waals surface area (Å²) in [5.74, 6) is 0.0394. The van der Waals surface area contributed by atoms with Crippen molar-refractivity contribution in [2.45, 2.75) is 6.18 Å². The highest BCUT2D eigenvalue weighted by Gasteiger charge is 2.29. The van der Waals surface area contributed by atoms with Gasteiger partial charge in [0.1, 0.15) is 0 Å². The summed E-state index contributed by atoms with van der Waals surface area (Å²) < 4.78 is 49.6. The summed E-state index contributed by atoms with van der Waals surface area (Å²) in [4.78, 5) is 11.0. The zero-order chi connectivity index (χ0) is 13.9. The van der Waals surface area contributed by atoms with Crippen LogP contribution in [-0.2, 0) is 9.53 Å². The number of hydrogen-bond acceptors (Lipinski definition) is 4. The minimum absolute atomic E-state index is 0.121. The molecule has 0 radical (unpaired) electrons. The second-order valence-electron chi connectivity index (χ2n) is 3.67. The largest absolute Gasteiger partial charge is 0.454 e. The molecular weight excluding hydrogens is 265 g/mol. The fourth-order valence-corrected chi connectivity index (χ4v) is 1.38. The first-order chi connectivity index (χ1) is 8.94. The molecule has 1 aliphatic rings. The Kier molecular flexibility index (Phi) is 3.64. The van der Waals surface area contributed by atoms with Crippen LogP contribution in [0.3, 0.4) is 0 Å². The van der Waals surface area contributed by atoms with Crippen molar-refractivity contribution in [3.63, 3.8) is 0 Å². The van der Waals surface area contributed by atoms with E-state index in [1.54, 1.807) is 18.2 Å². The van der Waals surface area contributed by atoms with Crippen molar-refractivity contribution >= 4 is 12.0 Å². The van der Waals surface area contributed by atoms with Gasteiger partial charge in [-0.15, -0.1) is 0 Å². The number of benzene rings is 1. The maximum absolute atomic E-state index is 11.8. The first-order valence-electron chi connectivity index (χ1n) is 5.25. The lowest BCUT2D eigenvalue weighted by molar-refractivity contribution is -0.182. The average molecular weight is 274 g/mol. The van der Waals surface area contributed by atoms with Gasteiger partial charge in [0.05, 0.1) is 0 Å². The molecule has 1 aliphatic heterocycles. The van der Waals surface area contributed by atoms with Gasteiger partial charge in [0.2, 0.25) is 6.79 Å². The molecule has 1 heterocycles. The molecule has 0 atom stereocenters. The summed E-state index contributed by atoms with van der Waals surface area (Å²) in [6.07, 6.45) is -2.27. The Hall–Kier alpha value is -2.18. The quantitative estimate of drug-likeness (QED) is 0.627. The number of carbonyl (C=O) groups excluding carboxylic acids is 1. The molecule has 0 fully saturated rings. The van der Waals surface area contributed by atoms with E-state index in [0.717, 1.165) is 6.08 Å². The highest BCUT2D eigenvalue weighted by atomic mass is 19.4. The predicted molar refractivity (Wildman–Crippen MR) is 58.6 cm³/mol. The van der Waals surface area contributed by atoms with Gasteiger partial charge < -0.3 is 14.2 Å². The molecule has 102 valence electrons. The maximum Gasteiger partial charge on any atom is 0.422 e. The van der Waals surface area contributed by atoms with E-state index in [0.29, 0.717) is 17.1 Å². The summed E-state index contributed by atoms with van der Waals surface area (Å²) in [5, 5.41) is 0. The van der Waals surface area contributed by atoms with Crippen molar-refractivity contribution in [1.29, 1.82) is 0 Å². The van der Waals surface area contributed by atoms with Crippen LogP contribution in [0.25, 0.3) is 6.08 Å². The van der Waals surface area contributed by atoms with E-state index in [-0.39, 0.29) is 6.79 Å². The third-order valence-electron chi connectivity index (χ3n) is 2.19.